The molecule has 2 atom stereocenters. The van der Waals surface area contributed by atoms with E-state index in [1.54, 1.807) is 0 Å². The zero-order valence-corrected chi connectivity index (χ0v) is 13.5. The van der Waals surface area contributed by atoms with E-state index in [-0.39, 0.29) is 11.5 Å². The van der Waals surface area contributed by atoms with Crippen molar-refractivity contribution in [3.63, 3.8) is 0 Å². The number of halogens is 3. The van der Waals surface area contributed by atoms with E-state index in [1.807, 2.05) is 6.92 Å². The van der Waals surface area contributed by atoms with E-state index >= 15 is 0 Å². The summed E-state index contributed by atoms with van der Waals surface area (Å²) >= 11 is 0.742. The molecule has 0 bridgehead atoms. The van der Waals surface area contributed by atoms with E-state index in [9.17, 15) is 13.2 Å². The molecule has 1 rings (SSSR count). The lowest BCUT2D eigenvalue weighted by atomic mass is 9.78. The van der Waals surface area contributed by atoms with E-state index in [0.717, 1.165) is 24.3 Å². The van der Waals surface area contributed by atoms with Gasteiger partial charge in [-0.2, -0.15) is 13.2 Å². The summed E-state index contributed by atoms with van der Waals surface area (Å²) in [6, 6.07) is -0.0668. The fourth-order valence-electron chi connectivity index (χ4n) is 1.83. The molecule has 0 saturated heterocycles. The van der Waals surface area contributed by atoms with Gasteiger partial charge < -0.3 is 5.32 Å². The number of aromatic nitrogens is 1. The number of hydrogen-bond acceptors (Lipinski definition) is 3. The maximum absolute atomic E-state index is 12.6. The molecule has 1 heterocycles. The SMILES string of the molecule is CCNC(CC(C)C(C)(C)C)c1cnc(C(F)(F)F)s1. The summed E-state index contributed by atoms with van der Waals surface area (Å²) in [6.45, 7) is 11.3. The zero-order chi connectivity index (χ0) is 15.6. The van der Waals surface area contributed by atoms with E-state index in [4.69, 9.17) is 0 Å². The Balaban J connectivity index is 2.89. The van der Waals surface area contributed by atoms with Crippen LogP contribution in [0.4, 0.5) is 13.2 Å². The quantitative estimate of drug-likeness (QED) is 0.838. The van der Waals surface area contributed by atoms with Crippen LogP contribution < -0.4 is 5.32 Å². The first kappa shape index (κ1) is 17.4. The number of nitrogens with one attached hydrogen (secondary N) is 1. The van der Waals surface area contributed by atoms with Crippen molar-refractivity contribution in [2.45, 2.75) is 53.3 Å². The van der Waals surface area contributed by atoms with Crippen LogP contribution in [0.25, 0.3) is 0 Å². The standard InChI is InChI=1S/C14H23F3N2S/c1-6-18-10(7-9(2)13(3,4)5)11-8-19-12(20-11)14(15,16)17/h8-10,18H,6-7H2,1-5H3. The first-order valence-electron chi connectivity index (χ1n) is 6.82. The van der Waals surface area contributed by atoms with E-state index < -0.39 is 11.2 Å². The average molecular weight is 308 g/mol. The van der Waals surface area contributed by atoms with E-state index in [2.05, 4.69) is 38.0 Å². The Bertz CT molecular complexity index is 421. The van der Waals surface area contributed by atoms with Gasteiger partial charge in [0.15, 0.2) is 5.01 Å². The first-order valence-corrected chi connectivity index (χ1v) is 7.63. The highest BCUT2D eigenvalue weighted by Crippen LogP contribution is 2.38. The molecule has 0 spiro atoms. The molecule has 1 aromatic rings. The van der Waals surface area contributed by atoms with Crippen LogP contribution in [0.3, 0.4) is 0 Å². The van der Waals surface area contributed by atoms with E-state index in [0.29, 0.717) is 10.8 Å². The molecule has 6 heteroatoms. The monoisotopic (exact) mass is 308 g/mol. The lowest BCUT2D eigenvalue weighted by Gasteiger charge is -2.30. The second kappa shape index (κ2) is 6.43. The summed E-state index contributed by atoms with van der Waals surface area (Å²) in [4.78, 5) is 4.18. The maximum Gasteiger partial charge on any atom is 0.443 e. The molecule has 116 valence electrons. The molecule has 2 nitrogen and oxygen atoms in total. The van der Waals surface area contributed by atoms with Crippen molar-refractivity contribution in [3.8, 4) is 0 Å². The summed E-state index contributed by atoms with van der Waals surface area (Å²) in [6.07, 6.45) is -2.19. The second-order valence-electron chi connectivity index (χ2n) is 6.18. The van der Waals surface area contributed by atoms with Crippen LogP contribution in [0.1, 0.15) is 57.0 Å². The topological polar surface area (TPSA) is 24.9 Å². The summed E-state index contributed by atoms with van der Waals surface area (Å²) in [5.41, 5.74) is 0.130. The van der Waals surface area contributed by atoms with Crippen molar-refractivity contribution in [2.24, 2.45) is 11.3 Å². The van der Waals surface area contributed by atoms with Gasteiger partial charge in [0.1, 0.15) is 0 Å². The van der Waals surface area contributed by atoms with Crippen LogP contribution in [-0.4, -0.2) is 11.5 Å². The Morgan fingerprint density at radius 3 is 2.30 bits per heavy atom. The smallest absolute Gasteiger partial charge is 0.309 e. The minimum absolute atomic E-state index is 0.0668. The van der Waals surface area contributed by atoms with Crippen LogP contribution in [-0.2, 0) is 6.18 Å². The predicted molar refractivity (Wildman–Crippen MR) is 76.8 cm³/mol. The molecule has 1 aromatic heterocycles. The summed E-state index contributed by atoms with van der Waals surface area (Å²) in [5, 5.41) is 2.50. The number of nitrogens with zero attached hydrogens (tertiary/aromatic N) is 1. The Kier molecular flexibility index (Phi) is 5.61. The molecule has 0 fully saturated rings. The van der Waals surface area contributed by atoms with Gasteiger partial charge in [0.05, 0.1) is 0 Å². The van der Waals surface area contributed by atoms with Crippen molar-refractivity contribution in [2.75, 3.05) is 6.54 Å². The Labute approximate surface area is 122 Å². The highest BCUT2D eigenvalue weighted by atomic mass is 32.1. The zero-order valence-electron chi connectivity index (χ0n) is 12.6. The van der Waals surface area contributed by atoms with Crippen LogP contribution >= 0.6 is 11.3 Å². The average Bonchev–Trinajstić information content (AvgIpc) is 2.75. The first-order chi connectivity index (χ1) is 9.05. The predicted octanol–water partition coefficient (Wildman–Crippen LogP) is 4.88. The van der Waals surface area contributed by atoms with Gasteiger partial charge in [0, 0.05) is 17.1 Å². The molecule has 0 aliphatic carbocycles. The molecular weight excluding hydrogens is 285 g/mol. The van der Waals surface area contributed by atoms with Gasteiger partial charge in [-0.25, -0.2) is 4.98 Å². The van der Waals surface area contributed by atoms with Crippen molar-refractivity contribution in [1.29, 1.82) is 0 Å². The van der Waals surface area contributed by atoms with Gasteiger partial charge >= 0.3 is 6.18 Å². The molecule has 0 aliphatic heterocycles. The highest BCUT2D eigenvalue weighted by Gasteiger charge is 2.35. The third-order valence-electron chi connectivity index (χ3n) is 3.63. The lowest BCUT2D eigenvalue weighted by Crippen LogP contribution is -2.27. The highest BCUT2D eigenvalue weighted by molar-refractivity contribution is 7.11. The molecule has 2 unspecified atom stereocenters. The number of hydrogen-bond donors (Lipinski definition) is 1. The number of thiazole rings is 1. The fraction of sp³-hybridized carbons (Fsp3) is 0.786. The Morgan fingerprint density at radius 2 is 1.90 bits per heavy atom. The molecule has 0 radical (unpaired) electrons. The van der Waals surface area contributed by atoms with Gasteiger partial charge in [-0.05, 0) is 24.3 Å². The van der Waals surface area contributed by atoms with Gasteiger partial charge in [0.2, 0.25) is 0 Å². The molecule has 1 N–H and O–H groups in total. The van der Waals surface area contributed by atoms with E-state index in [1.165, 1.54) is 6.20 Å². The van der Waals surface area contributed by atoms with Gasteiger partial charge in [0.25, 0.3) is 0 Å². The molecule has 0 aromatic carbocycles. The van der Waals surface area contributed by atoms with Crippen molar-refractivity contribution in [3.05, 3.63) is 16.1 Å². The largest absolute Gasteiger partial charge is 0.443 e. The van der Waals surface area contributed by atoms with Crippen molar-refractivity contribution in [1.82, 2.24) is 10.3 Å². The van der Waals surface area contributed by atoms with Crippen LogP contribution in [0.2, 0.25) is 0 Å². The third kappa shape index (κ3) is 4.74. The van der Waals surface area contributed by atoms with Crippen LogP contribution in [0.15, 0.2) is 6.20 Å². The van der Waals surface area contributed by atoms with Crippen LogP contribution in [0.5, 0.6) is 0 Å². The molecule has 20 heavy (non-hydrogen) atoms. The third-order valence-corrected chi connectivity index (χ3v) is 4.78. The molecular formula is C14H23F3N2S. The minimum atomic E-state index is -4.35. The summed E-state index contributed by atoms with van der Waals surface area (Å²) in [7, 11) is 0. The Hall–Kier alpha value is -0.620. The summed E-state index contributed by atoms with van der Waals surface area (Å²) < 4.78 is 37.9. The molecule has 0 saturated carbocycles. The Morgan fingerprint density at radius 1 is 1.30 bits per heavy atom. The maximum atomic E-state index is 12.6. The van der Waals surface area contributed by atoms with Crippen molar-refractivity contribution >= 4 is 11.3 Å². The van der Waals surface area contributed by atoms with Gasteiger partial charge in [-0.1, -0.05) is 34.6 Å². The second-order valence-corrected chi connectivity index (χ2v) is 7.24. The van der Waals surface area contributed by atoms with Gasteiger partial charge in [-0.15, -0.1) is 11.3 Å². The van der Waals surface area contributed by atoms with Crippen LogP contribution in [0, 0.1) is 11.3 Å². The van der Waals surface area contributed by atoms with Gasteiger partial charge in [-0.3, -0.25) is 0 Å². The summed E-state index contributed by atoms with van der Waals surface area (Å²) in [5.74, 6) is 0.392. The minimum Gasteiger partial charge on any atom is -0.309 e. The molecule has 0 aliphatic rings. The lowest BCUT2D eigenvalue weighted by molar-refractivity contribution is -0.137. The van der Waals surface area contributed by atoms with Crippen molar-refractivity contribution < 1.29 is 13.2 Å². The number of rotatable bonds is 5. The fourth-order valence-corrected chi connectivity index (χ4v) is 2.70. The normalized spacial score (nSPS) is 16.2. The number of alkyl halides is 3. The molecule has 0 amide bonds.